The van der Waals surface area contributed by atoms with E-state index in [9.17, 15) is 0 Å². The van der Waals surface area contributed by atoms with Gasteiger partial charge in [-0.2, -0.15) is 0 Å². The Morgan fingerprint density at radius 1 is 1.31 bits per heavy atom. The van der Waals surface area contributed by atoms with Gasteiger partial charge in [0.25, 0.3) is 0 Å². The van der Waals surface area contributed by atoms with Crippen LogP contribution in [0.2, 0.25) is 0 Å². The third kappa shape index (κ3) is 1.24. The maximum absolute atomic E-state index is 8.99. The molecule has 0 bridgehead atoms. The lowest BCUT2D eigenvalue weighted by Gasteiger charge is -2.12. The molecule has 1 heterocycles. The molecule has 0 saturated carbocycles. The van der Waals surface area contributed by atoms with Crippen LogP contribution in [0, 0.1) is 6.92 Å². The van der Waals surface area contributed by atoms with E-state index in [1.165, 1.54) is 16.5 Å². The summed E-state index contributed by atoms with van der Waals surface area (Å²) < 4.78 is 0. The van der Waals surface area contributed by atoms with E-state index in [0.717, 1.165) is 36.2 Å². The molecule has 3 nitrogen and oxygen atoms in total. The van der Waals surface area contributed by atoms with Gasteiger partial charge in [0.05, 0.1) is 5.69 Å². The van der Waals surface area contributed by atoms with Gasteiger partial charge >= 0.3 is 0 Å². The molecule has 0 fully saturated rings. The number of nitrogens with one attached hydrogen (secondary N) is 1. The zero-order valence-corrected chi connectivity index (χ0v) is 9.25. The van der Waals surface area contributed by atoms with Gasteiger partial charge in [0.1, 0.15) is 5.71 Å². The normalized spacial score (nSPS) is 17.9. The number of oxime groups is 1. The third-order valence-corrected chi connectivity index (χ3v) is 3.31. The molecule has 0 saturated heterocycles. The summed E-state index contributed by atoms with van der Waals surface area (Å²) in [5, 5.41) is 13.6. The smallest absolute Gasteiger partial charge is 0.103 e. The monoisotopic (exact) mass is 214 g/mol. The Balaban J connectivity index is 2.32. The Morgan fingerprint density at radius 2 is 2.19 bits per heavy atom. The molecule has 0 aliphatic heterocycles. The number of hydrogen-bond donors (Lipinski definition) is 2. The fourth-order valence-electron chi connectivity index (χ4n) is 2.53. The summed E-state index contributed by atoms with van der Waals surface area (Å²) in [5.74, 6) is 0. The molecule has 0 radical (unpaired) electrons. The number of aryl methyl sites for hydroxylation is 2. The summed E-state index contributed by atoms with van der Waals surface area (Å²) in [6.07, 6.45) is 2.99. The lowest BCUT2D eigenvalue weighted by atomic mass is 9.94. The number of H-pyrrole nitrogens is 1. The second kappa shape index (κ2) is 3.37. The Hall–Kier alpha value is -1.77. The molecule has 16 heavy (non-hydrogen) atoms. The van der Waals surface area contributed by atoms with E-state index in [-0.39, 0.29) is 0 Å². The minimum Gasteiger partial charge on any atom is -0.411 e. The number of fused-ring (bicyclic) bond motifs is 3. The van der Waals surface area contributed by atoms with Crippen LogP contribution in [0.3, 0.4) is 0 Å². The number of aromatic nitrogens is 1. The molecule has 1 aliphatic carbocycles. The van der Waals surface area contributed by atoms with E-state index in [4.69, 9.17) is 5.21 Å². The SMILES string of the molecule is Cc1ccc2c3c([nH]c2c1)/C(=N/O)CCC3. The van der Waals surface area contributed by atoms with Gasteiger partial charge in [0, 0.05) is 10.9 Å². The molecule has 1 aromatic carbocycles. The highest BCUT2D eigenvalue weighted by Crippen LogP contribution is 2.29. The molecule has 2 N–H and O–H groups in total. The molecular formula is C13H14N2O. The summed E-state index contributed by atoms with van der Waals surface area (Å²) in [4.78, 5) is 3.37. The van der Waals surface area contributed by atoms with Crippen LogP contribution in [0.1, 0.15) is 29.7 Å². The fourth-order valence-corrected chi connectivity index (χ4v) is 2.53. The maximum atomic E-state index is 8.99. The average molecular weight is 214 g/mol. The first kappa shape index (κ1) is 9.46. The van der Waals surface area contributed by atoms with Crippen LogP contribution < -0.4 is 0 Å². The molecule has 0 unspecified atom stereocenters. The van der Waals surface area contributed by atoms with Gasteiger partial charge in [-0.15, -0.1) is 0 Å². The standard InChI is InChI=1S/C13H14N2O/c1-8-5-6-9-10-3-2-4-11(15-16)13(10)14-12(9)7-8/h5-7,14,16H,2-4H2,1H3/b15-11+. The number of rotatable bonds is 0. The fraction of sp³-hybridized carbons (Fsp3) is 0.308. The molecule has 0 spiro atoms. The first-order valence-electron chi connectivity index (χ1n) is 5.62. The minimum atomic E-state index is 0.787. The predicted molar refractivity (Wildman–Crippen MR) is 64.3 cm³/mol. The second-order valence-electron chi connectivity index (χ2n) is 4.43. The van der Waals surface area contributed by atoms with Crippen LogP contribution in [0.25, 0.3) is 10.9 Å². The first-order chi connectivity index (χ1) is 7.79. The van der Waals surface area contributed by atoms with Crippen molar-refractivity contribution in [2.75, 3.05) is 0 Å². The summed E-state index contributed by atoms with van der Waals surface area (Å²) in [6.45, 7) is 2.08. The summed E-state index contributed by atoms with van der Waals surface area (Å²) in [5.41, 5.74) is 5.50. The van der Waals surface area contributed by atoms with Crippen molar-refractivity contribution in [1.29, 1.82) is 0 Å². The van der Waals surface area contributed by atoms with Crippen molar-refractivity contribution in [2.45, 2.75) is 26.2 Å². The number of aromatic amines is 1. The van der Waals surface area contributed by atoms with Crippen molar-refractivity contribution in [3.8, 4) is 0 Å². The summed E-state index contributed by atoms with van der Waals surface area (Å²) >= 11 is 0. The van der Waals surface area contributed by atoms with Crippen LogP contribution in [0.4, 0.5) is 0 Å². The maximum Gasteiger partial charge on any atom is 0.103 e. The predicted octanol–water partition coefficient (Wildman–Crippen LogP) is 2.99. The van der Waals surface area contributed by atoms with Crippen LogP contribution in [0.5, 0.6) is 0 Å². The van der Waals surface area contributed by atoms with Crippen molar-refractivity contribution in [1.82, 2.24) is 4.98 Å². The van der Waals surface area contributed by atoms with Crippen molar-refractivity contribution in [2.24, 2.45) is 5.16 Å². The Labute approximate surface area is 93.8 Å². The van der Waals surface area contributed by atoms with E-state index in [1.807, 2.05) is 0 Å². The number of benzene rings is 1. The molecule has 0 amide bonds. The average Bonchev–Trinajstić information content (AvgIpc) is 2.65. The van der Waals surface area contributed by atoms with Crippen molar-refractivity contribution in [3.63, 3.8) is 0 Å². The highest BCUT2D eigenvalue weighted by atomic mass is 16.4. The second-order valence-corrected chi connectivity index (χ2v) is 4.43. The molecule has 2 aromatic rings. The quantitative estimate of drug-likeness (QED) is 0.514. The zero-order chi connectivity index (χ0) is 11.1. The Bertz CT molecular complexity index is 581. The molecule has 82 valence electrons. The third-order valence-electron chi connectivity index (χ3n) is 3.31. The van der Waals surface area contributed by atoms with Gasteiger partial charge in [0.15, 0.2) is 0 Å². The largest absolute Gasteiger partial charge is 0.411 e. The topological polar surface area (TPSA) is 48.4 Å². The van der Waals surface area contributed by atoms with E-state index in [1.54, 1.807) is 0 Å². The molecule has 0 atom stereocenters. The lowest BCUT2D eigenvalue weighted by Crippen LogP contribution is -2.10. The van der Waals surface area contributed by atoms with Gasteiger partial charge in [-0.3, -0.25) is 0 Å². The molecule has 3 heteroatoms. The van der Waals surface area contributed by atoms with Crippen LogP contribution in [0.15, 0.2) is 23.4 Å². The Morgan fingerprint density at radius 3 is 3.00 bits per heavy atom. The molecule has 3 rings (SSSR count). The van der Waals surface area contributed by atoms with Gasteiger partial charge in [-0.25, -0.2) is 0 Å². The number of nitrogens with zero attached hydrogens (tertiary/aromatic N) is 1. The lowest BCUT2D eigenvalue weighted by molar-refractivity contribution is 0.317. The Kier molecular flexibility index (Phi) is 1.99. The molecule has 1 aliphatic rings. The van der Waals surface area contributed by atoms with Gasteiger partial charge in [0.2, 0.25) is 0 Å². The van der Waals surface area contributed by atoms with Crippen molar-refractivity contribution < 1.29 is 5.21 Å². The zero-order valence-electron chi connectivity index (χ0n) is 9.25. The summed E-state index contributed by atoms with van der Waals surface area (Å²) in [6, 6.07) is 6.42. The molecule has 1 aromatic heterocycles. The van der Waals surface area contributed by atoms with Crippen molar-refractivity contribution in [3.05, 3.63) is 35.0 Å². The van der Waals surface area contributed by atoms with Gasteiger partial charge in [-0.1, -0.05) is 17.3 Å². The van der Waals surface area contributed by atoms with Crippen LogP contribution in [-0.4, -0.2) is 15.9 Å². The van der Waals surface area contributed by atoms with E-state index in [2.05, 4.69) is 35.3 Å². The van der Waals surface area contributed by atoms with Gasteiger partial charge < -0.3 is 10.2 Å². The van der Waals surface area contributed by atoms with Crippen LogP contribution in [-0.2, 0) is 6.42 Å². The highest BCUT2D eigenvalue weighted by Gasteiger charge is 2.20. The summed E-state index contributed by atoms with van der Waals surface area (Å²) in [7, 11) is 0. The van der Waals surface area contributed by atoms with Crippen molar-refractivity contribution >= 4 is 16.6 Å². The van der Waals surface area contributed by atoms with E-state index in [0.29, 0.717) is 0 Å². The van der Waals surface area contributed by atoms with E-state index >= 15 is 0 Å². The van der Waals surface area contributed by atoms with E-state index < -0.39 is 0 Å². The highest BCUT2D eigenvalue weighted by molar-refractivity contribution is 6.06. The van der Waals surface area contributed by atoms with Gasteiger partial charge in [-0.05, 0) is 43.4 Å². The first-order valence-corrected chi connectivity index (χ1v) is 5.62. The minimum absolute atomic E-state index is 0.787. The number of hydrogen-bond acceptors (Lipinski definition) is 2. The molecular weight excluding hydrogens is 200 g/mol. The van der Waals surface area contributed by atoms with Crippen LogP contribution >= 0.6 is 0 Å².